The van der Waals surface area contributed by atoms with Gasteiger partial charge in [0.2, 0.25) is 0 Å². The molecular weight excluding hydrogens is 526 g/mol. The fourth-order valence-corrected chi connectivity index (χ4v) is 2.88. The summed E-state index contributed by atoms with van der Waals surface area (Å²) in [6, 6.07) is 16.0. The summed E-state index contributed by atoms with van der Waals surface area (Å²) in [4.78, 5) is 14.9. The number of hydrogen-bond donors (Lipinski definition) is 1. The Labute approximate surface area is 180 Å². The predicted octanol–water partition coefficient (Wildman–Crippen LogP) is 5.97. The number of pyridine rings is 1. The Kier molecular flexibility index (Phi) is 8.74. The number of rotatable bonds is 2. The molecule has 1 aromatic heterocycles. The number of ketones is 1. The molecule has 0 unspecified atom stereocenters. The molecule has 0 amide bonds. The molecule has 3 nitrogen and oxygen atoms in total. The van der Waals surface area contributed by atoms with Crippen molar-refractivity contribution in [2.45, 2.75) is 41.5 Å². The Bertz CT molecular complexity index is 1020. The van der Waals surface area contributed by atoms with Gasteiger partial charge in [-0.1, -0.05) is 32.0 Å². The first-order valence-electron chi connectivity index (χ1n) is 8.93. The largest absolute Gasteiger partial charge is 0.512 e. The number of aromatic nitrogens is 1. The average molecular weight is 553 g/mol. The summed E-state index contributed by atoms with van der Waals surface area (Å²) < 4.78 is 0. The summed E-state index contributed by atoms with van der Waals surface area (Å²) in [5.74, 6) is -0.0625. The molecule has 0 spiro atoms. The van der Waals surface area contributed by atoms with E-state index in [1.54, 1.807) is 0 Å². The maximum atomic E-state index is 10.0. The van der Waals surface area contributed by atoms with E-state index < -0.39 is 0 Å². The molecule has 149 valence electrons. The van der Waals surface area contributed by atoms with E-state index in [1.165, 1.54) is 47.6 Å². The van der Waals surface area contributed by atoms with Crippen molar-refractivity contribution in [3.63, 3.8) is 0 Å². The van der Waals surface area contributed by atoms with Gasteiger partial charge < -0.3 is 5.11 Å². The average Bonchev–Trinajstić information content (AvgIpc) is 2.56. The number of aliphatic hydroxyl groups excluding tert-OH is 1. The Morgan fingerprint density at radius 3 is 2.29 bits per heavy atom. The van der Waals surface area contributed by atoms with E-state index in [1.807, 2.05) is 6.07 Å². The summed E-state index contributed by atoms with van der Waals surface area (Å²) in [7, 11) is 0. The van der Waals surface area contributed by atoms with Crippen molar-refractivity contribution in [2.24, 2.45) is 0 Å². The molecule has 28 heavy (non-hydrogen) atoms. The van der Waals surface area contributed by atoms with Crippen LogP contribution >= 0.6 is 0 Å². The molecule has 3 aromatic rings. The van der Waals surface area contributed by atoms with Crippen LogP contribution in [0.3, 0.4) is 0 Å². The van der Waals surface area contributed by atoms with Crippen molar-refractivity contribution in [2.75, 3.05) is 0 Å². The third kappa shape index (κ3) is 6.12. The minimum absolute atomic E-state index is 0. The van der Waals surface area contributed by atoms with Gasteiger partial charge in [-0.3, -0.25) is 9.78 Å². The second-order valence-corrected chi connectivity index (χ2v) is 6.90. The third-order valence-corrected chi connectivity index (χ3v) is 4.37. The third-order valence-electron chi connectivity index (χ3n) is 4.37. The zero-order chi connectivity index (χ0) is 20.1. The molecular formula is C24H26IrNO2-. The molecule has 4 heteroatoms. The van der Waals surface area contributed by atoms with Crippen LogP contribution in [0.5, 0.6) is 0 Å². The first-order chi connectivity index (χ1) is 12.7. The van der Waals surface area contributed by atoms with Gasteiger partial charge in [-0.2, -0.15) is 0 Å². The Hall–Kier alpha value is -2.29. The van der Waals surface area contributed by atoms with Gasteiger partial charge in [0.25, 0.3) is 0 Å². The summed E-state index contributed by atoms with van der Waals surface area (Å²) >= 11 is 0. The summed E-state index contributed by atoms with van der Waals surface area (Å²) in [5, 5.41) is 9.59. The molecule has 1 N–H and O–H groups in total. The SMILES string of the molecule is CC(=O)/C=C(/C)O.Cc1ccc2c(C)cc(-c3[c-]ccc(C)c3C)nc2c1.[Ir]. The van der Waals surface area contributed by atoms with Crippen LogP contribution in [0.4, 0.5) is 0 Å². The van der Waals surface area contributed by atoms with E-state index in [4.69, 9.17) is 10.1 Å². The number of fused-ring (bicyclic) bond motifs is 1. The van der Waals surface area contributed by atoms with Gasteiger partial charge in [-0.25, -0.2) is 0 Å². The number of hydrogen-bond acceptors (Lipinski definition) is 3. The fourth-order valence-electron chi connectivity index (χ4n) is 2.88. The molecule has 1 heterocycles. The smallest absolute Gasteiger partial charge is 0.155 e. The second-order valence-electron chi connectivity index (χ2n) is 6.90. The normalized spacial score (nSPS) is 10.7. The van der Waals surface area contributed by atoms with E-state index in [0.717, 1.165) is 16.8 Å². The van der Waals surface area contributed by atoms with Crippen molar-refractivity contribution in [3.05, 3.63) is 76.6 Å². The van der Waals surface area contributed by atoms with E-state index in [2.05, 4.69) is 64.1 Å². The number of allylic oxidation sites excluding steroid dienone is 2. The van der Waals surface area contributed by atoms with Crippen LogP contribution < -0.4 is 0 Å². The van der Waals surface area contributed by atoms with Gasteiger partial charge in [0.15, 0.2) is 5.78 Å². The van der Waals surface area contributed by atoms with Gasteiger partial charge in [0.05, 0.1) is 11.3 Å². The van der Waals surface area contributed by atoms with E-state index in [-0.39, 0.29) is 31.6 Å². The van der Waals surface area contributed by atoms with E-state index in [9.17, 15) is 4.79 Å². The van der Waals surface area contributed by atoms with Gasteiger partial charge in [0, 0.05) is 31.6 Å². The fraction of sp³-hybridized carbons (Fsp3) is 0.250. The topological polar surface area (TPSA) is 50.2 Å². The zero-order valence-corrected chi connectivity index (χ0v) is 19.6. The second kappa shape index (κ2) is 10.3. The Balaban J connectivity index is 0.000000425. The molecule has 2 aromatic carbocycles. The molecule has 0 saturated heterocycles. The van der Waals surface area contributed by atoms with Gasteiger partial charge in [-0.15, -0.1) is 34.9 Å². The van der Waals surface area contributed by atoms with Crippen molar-refractivity contribution >= 4 is 16.7 Å². The predicted molar refractivity (Wildman–Crippen MR) is 112 cm³/mol. The number of aliphatic hydroxyl groups is 1. The number of carbonyl (C=O) groups is 1. The molecule has 0 fully saturated rings. The van der Waals surface area contributed by atoms with Crippen LogP contribution in [0.25, 0.3) is 22.2 Å². The summed E-state index contributed by atoms with van der Waals surface area (Å²) in [6.45, 7) is 11.4. The Morgan fingerprint density at radius 2 is 1.71 bits per heavy atom. The first-order valence-corrected chi connectivity index (χ1v) is 8.93. The molecule has 0 saturated carbocycles. The van der Waals surface area contributed by atoms with Crippen LogP contribution in [0.1, 0.15) is 36.1 Å². The minimum Gasteiger partial charge on any atom is -0.512 e. The number of aryl methyl sites for hydroxylation is 3. The first kappa shape index (κ1) is 23.7. The van der Waals surface area contributed by atoms with Crippen molar-refractivity contribution < 1.29 is 30.0 Å². The summed E-state index contributed by atoms with van der Waals surface area (Å²) in [6.07, 6.45) is 1.17. The Morgan fingerprint density at radius 1 is 1.04 bits per heavy atom. The van der Waals surface area contributed by atoms with Crippen molar-refractivity contribution in [3.8, 4) is 11.3 Å². The number of carbonyl (C=O) groups excluding carboxylic acids is 1. The molecule has 0 bridgehead atoms. The van der Waals surface area contributed by atoms with Crippen LogP contribution in [0.2, 0.25) is 0 Å². The van der Waals surface area contributed by atoms with E-state index >= 15 is 0 Å². The molecule has 0 aliphatic heterocycles. The van der Waals surface area contributed by atoms with Crippen LogP contribution in [-0.2, 0) is 24.9 Å². The van der Waals surface area contributed by atoms with E-state index in [0.29, 0.717) is 0 Å². The molecule has 0 aliphatic rings. The van der Waals surface area contributed by atoms with Crippen LogP contribution in [-0.4, -0.2) is 15.9 Å². The van der Waals surface area contributed by atoms with Crippen molar-refractivity contribution in [1.82, 2.24) is 4.98 Å². The molecule has 0 atom stereocenters. The van der Waals surface area contributed by atoms with Gasteiger partial charge in [0.1, 0.15) is 0 Å². The zero-order valence-electron chi connectivity index (χ0n) is 17.2. The van der Waals surface area contributed by atoms with Crippen LogP contribution in [0.15, 0.2) is 48.2 Å². The number of benzene rings is 2. The maximum Gasteiger partial charge on any atom is 0.155 e. The maximum absolute atomic E-state index is 10.0. The minimum atomic E-state index is -0.125. The number of nitrogens with zero attached hydrogens (tertiary/aromatic N) is 1. The van der Waals surface area contributed by atoms with Crippen LogP contribution in [0, 0.1) is 33.8 Å². The molecule has 1 radical (unpaired) electrons. The summed E-state index contributed by atoms with van der Waals surface area (Å²) in [5.41, 5.74) is 8.23. The molecule has 3 rings (SSSR count). The van der Waals surface area contributed by atoms with Crippen molar-refractivity contribution in [1.29, 1.82) is 0 Å². The monoisotopic (exact) mass is 553 g/mol. The van der Waals surface area contributed by atoms with Gasteiger partial charge >= 0.3 is 0 Å². The standard InChI is InChI=1S/C19H18N.C5H8O2.Ir/c1-12-8-9-16-14(3)11-19(20-18(16)10-12)17-7-5-6-13(2)15(17)4;1-4(6)3-5(2)7;/h5-6,8-11H,1-4H3;3,6H,1-2H3;/q-1;;/b;4-3-;. The quantitative estimate of drug-likeness (QED) is 0.242. The van der Waals surface area contributed by atoms with Gasteiger partial charge in [-0.05, 0) is 50.6 Å². The molecule has 0 aliphatic carbocycles.